The van der Waals surface area contributed by atoms with Gasteiger partial charge in [-0.1, -0.05) is 40.2 Å². The molecular weight excluding hydrogens is 220 g/mol. The average Bonchev–Trinajstić information content (AvgIpc) is 2.33. The van der Waals surface area contributed by atoms with Gasteiger partial charge in [-0.3, -0.25) is 0 Å². The third-order valence-corrected chi connectivity index (χ3v) is 3.24. The highest BCUT2D eigenvalue weighted by molar-refractivity contribution is 9.09. The number of benzene rings is 1. The van der Waals surface area contributed by atoms with Crippen molar-refractivity contribution < 1.29 is 10.2 Å². The lowest BCUT2D eigenvalue weighted by Crippen LogP contribution is -2.09. The van der Waals surface area contributed by atoms with Gasteiger partial charge in [-0.05, 0) is 11.1 Å². The van der Waals surface area contributed by atoms with Crippen molar-refractivity contribution in [3.8, 4) is 0 Å². The number of hydrogen-bond acceptors (Lipinski definition) is 2. The number of hydrogen-bond donors (Lipinski definition) is 2. The van der Waals surface area contributed by atoms with Gasteiger partial charge < -0.3 is 10.2 Å². The zero-order valence-corrected chi connectivity index (χ0v) is 7.90. The van der Waals surface area contributed by atoms with E-state index < -0.39 is 12.2 Å². The third kappa shape index (κ3) is 1.01. The predicted octanol–water partition coefficient (Wildman–Crippen LogP) is 1.53. The van der Waals surface area contributed by atoms with E-state index in [1.54, 1.807) is 0 Å². The summed E-state index contributed by atoms with van der Waals surface area (Å²) in [4.78, 5) is -0.269. The van der Waals surface area contributed by atoms with Crippen LogP contribution in [0.3, 0.4) is 0 Å². The molecule has 0 radical (unpaired) electrons. The van der Waals surface area contributed by atoms with Gasteiger partial charge in [-0.25, -0.2) is 0 Å². The summed E-state index contributed by atoms with van der Waals surface area (Å²) in [6, 6.07) is 7.40. The van der Waals surface area contributed by atoms with E-state index in [0.717, 1.165) is 11.1 Å². The summed E-state index contributed by atoms with van der Waals surface area (Å²) in [6.07, 6.45) is -1.17. The molecular formula is C9H9BrO2. The molecule has 0 saturated heterocycles. The third-order valence-electron chi connectivity index (χ3n) is 2.24. The van der Waals surface area contributed by atoms with Gasteiger partial charge in [0.15, 0.2) is 0 Å². The summed E-state index contributed by atoms with van der Waals surface area (Å²) in [5.74, 6) is 0. The zero-order chi connectivity index (χ0) is 8.72. The van der Waals surface area contributed by atoms with Gasteiger partial charge in [0, 0.05) is 0 Å². The molecule has 0 aliphatic heterocycles. The summed E-state index contributed by atoms with van der Waals surface area (Å²) in [5.41, 5.74) is 1.65. The standard InChI is InChI=1S/C9H9BrO2/c10-7-8(11)5-3-1-2-4-6(5)9(7)12/h1-4,7-9,11-12H/t8-,9-/m0/s1. The van der Waals surface area contributed by atoms with Crippen LogP contribution in [0, 0.1) is 0 Å². The lowest BCUT2D eigenvalue weighted by atomic mass is 10.1. The Bertz CT molecular complexity index is 271. The van der Waals surface area contributed by atoms with Crippen LogP contribution in [0.4, 0.5) is 0 Å². The topological polar surface area (TPSA) is 40.5 Å². The molecule has 0 aromatic heterocycles. The number of fused-ring (bicyclic) bond motifs is 1. The Balaban J connectivity index is 2.52. The zero-order valence-electron chi connectivity index (χ0n) is 6.31. The Morgan fingerprint density at radius 1 is 1.00 bits per heavy atom. The summed E-state index contributed by atoms with van der Waals surface area (Å²) >= 11 is 3.25. The van der Waals surface area contributed by atoms with E-state index in [1.165, 1.54) is 0 Å². The maximum atomic E-state index is 9.61. The highest BCUT2D eigenvalue weighted by atomic mass is 79.9. The molecule has 1 aromatic rings. The van der Waals surface area contributed by atoms with E-state index >= 15 is 0 Å². The molecule has 0 amide bonds. The van der Waals surface area contributed by atoms with Crippen molar-refractivity contribution in [1.82, 2.24) is 0 Å². The first-order valence-corrected chi connectivity index (χ1v) is 4.72. The largest absolute Gasteiger partial charge is 0.387 e. The molecule has 64 valence electrons. The smallest absolute Gasteiger partial charge is 0.0947 e. The van der Waals surface area contributed by atoms with Gasteiger partial charge in [0.05, 0.1) is 17.0 Å². The minimum atomic E-state index is -0.587. The number of halogens is 1. The van der Waals surface area contributed by atoms with Crippen LogP contribution < -0.4 is 0 Å². The number of aliphatic hydroxyl groups excluding tert-OH is 2. The Kier molecular flexibility index (Phi) is 1.94. The molecule has 2 atom stereocenters. The Hall–Kier alpha value is -0.380. The number of aliphatic hydroxyl groups is 2. The van der Waals surface area contributed by atoms with Crippen LogP contribution in [0.15, 0.2) is 24.3 Å². The van der Waals surface area contributed by atoms with E-state index in [-0.39, 0.29) is 4.83 Å². The highest BCUT2D eigenvalue weighted by Gasteiger charge is 2.36. The van der Waals surface area contributed by atoms with Gasteiger partial charge >= 0.3 is 0 Å². The van der Waals surface area contributed by atoms with E-state index in [2.05, 4.69) is 15.9 Å². The second-order valence-electron chi connectivity index (χ2n) is 2.96. The van der Waals surface area contributed by atoms with Crippen LogP contribution in [0.1, 0.15) is 23.3 Å². The molecule has 0 bridgehead atoms. The minimum Gasteiger partial charge on any atom is -0.387 e. The van der Waals surface area contributed by atoms with Gasteiger partial charge in [0.2, 0.25) is 0 Å². The fourth-order valence-electron chi connectivity index (χ4n) is 1.57. The Labute approximate surface area is 79.0 Å². The fourth-order valence-corrected chi connectivity index (χ4v) is 2.13. The van der Waals surface area contributed by atoms with Crippen molar-refractivity contribution >= 4 is 15.9 Å². The van der Waals surface area contributed by atoms with Crippen molar-refractivity contribution in [1.29, 1.82) is 0 Å². The molecule has 12 heavy (non-hydrogen) atoms. The molecule has 3 heteroatoms. The second kappa shape index (κ2) is 2.83. The molecule has 0 heterocycles. The summed E-state index contributed by atoms with van der Waals surface area (Å²) in [6.45, 7) is 0. The van der Waals surface area contributed by atoms with E-state index in [0.29, 0.717) is 0 Å². The molecule has 1 aliphatic rings. The van der Waals surface area contributed by atoms with Crippen molar-refractivity contribution in [2.75, 3.05) is 0 Å². The minimum absolute atomic E-state index is 0.269. The lowest BCUT2D eigenvalue weighted by Gasteiger charge is -2.09. The molecule has 1 aromatic carbocycles. The van der Waals surface area contributed by atoms with Gasteiger partial charge in [-0.2, -0.15) is 0 Å². The second-order valence-corrected chi connectivity index (χ2v) is 4.02. The molecule has 0 unspecified atom stereocenters. The van der Waals surface area contributed by atoms with Gasteiger partial charge in [0.1, 0.15) is 0 Å². The molecule has 0 saturated carbocycles. The fraction of sp³-hybridized carbons (Fsp3) is 0.333. The van der Waals surface area contributed by atoms with Crippen LogP contribution in [-0.2, 0) is 0 Å². The van der Waals surface area contributed by atoms with Crippen LogP contribution in [-0.4, -0.2) is 15.0 Å². The molecule has 0 fully saturated rings. The van der Waals surface area contributed by atoms with Crippen LogP contribution in [0.25, 0.3) is 0 Å². The van der Waals surface area contributed by atoms with E-state index in [9.17, 15) is 10.2 Å². The van der Waals surface area contributed by atoms with Gasteiger partial charge in [-0.15, -0.1) is 0 Å². The first-order chi connectivity index (χ1) is 5.72. The highest BCUT2D eigenvalue weighted by Crippen LogP contribution is 2.42. The maximum absolute atomic E-state index is 9.61. The number of rotatable bonds is 0. The van der Waals surface area contributed by atoms with E-state index in [1.807, 2.05) is 24.3 Å². The summed E-state index contributed by atoms with van der Waals surface area (Å²) in [5, 5.41) is 19.2. The Morgan fingerprint density at radius 2 is 1.42 bits per heavy atom. The van der Waals surface area contributed by atoms with Crippen molar-refractivity contribution in [3.63, 3.8) is 0 Å². The molecule has 2 nitrogen and oxygen atoms in total. The van der Waals surface area contributed by atoms with Crippen molar-refractivity contribution in [3.05, 3.63) is 35.4 Å². The summed E-state index contributed by atoms with van der Waals surface area (Å²) < 4.78 is 0. The monoisotopic (exact) mass is 228 g/mol. The SMILES string of the molecule is O[C@H]1c2ccccc2[C@H](O)C1Br. The molecule has 0 spiro atoms. The average molecular weight is 229 g/mol. The first kappa shape index (κ1) is 8.23. The van der Waals surface area contributed by atoms with E-state index in [4.69, 9.17) is 0 Å². The molecule has 2 N–H and O–H groups in total. The molecule has 1 aliphatic carbocycles. The van der Waals surface area contributed by atoms with Crippen LogP contribution in [0.2, 0.25) is 0 Å². The number of alkyl halides is 1. The Morgan fingerprint density at radius 3 is 1.83 bits per heavy atom. The maximum Gasteiger partial charge on any atom is 0.0947 e. The first-order valence-electron chi connectivity index (χ1n) is 3.81. The van der Waals surface area contributed by atoms with Crippen LogP contribution in [0.5, 0.6) is 0 Å². The quantitative estimate of drug-likeness (QED) is 0.662. The predicted molar refractivity (Wildman–Crippen MR) is 49.1 cm³/mol. The summed E-state index contributed by atoms with van der Waals surface area (Å²) in [7, 11) is 0. The van der Waals surface area contributed by atoms with Crippen LogP contribution >= 0.6 is 15.9 Å². The molecule has 2 rings (SSSR count). The van der Waals surface area contributed by atoms with Crippen molar-refractivity contribution in [2.24, 2.45) is 0 Å². The normalized spacial score (nSPS) is 28.9. The van der Waals surface area contributed by atoms with Crippen molar-refractivity contribution in [2.45, 2.75) is 17.0 Å². The lowest BCUT2D eigenvalue weighted by molar-refractivity contribution is 0.118. The van der Waals surface area contributed by atoms with Gasteiger partial charge in [0.25, 0.3) is 0 Å².